The number of ether oxygens (including phenoxy) is 2. The third-order valence-corrected chi connectivity index (χ3v) is 3.99. The smallest absolute Gasteiger partial charge is 0.179 e. The first-order valence-corrected chi connectivity index (χ1v) is 8.14. The molecule has 1 unspecified atom stereocenters. The minimum atomic E-state index is 0.138. The fraction of sp³-hybridized carbons (Fsp3) is 0.300. The van der Waals surface area contributed by atoms with E-state index in [0.29, 0.717) is 38.8 Å². The molecule has 24 heavy (non-hydrogen) atoms. The quantitative estimate of drug-likeness (QED) is 0.485. The molecular formula is C20H26N2O2. The van der Waals surface area contributed by atoms with Crippen molar-refractivity contribution in [1.82, 2.24) is 5.32 Å². The highest BCUT2D eigenvalue weighted by Gasteiger charge is 2.28. The Labute approximate surface area is 144 Å². The normalized spacial score (nSPS) is 15.8. The number of fused-ring (bicyclic) bond motifs is 1. The molecule has 1 atom stereocenters. The first kappa shape index (κ1) is 18.0. The summed E-state index contributed by atoms with van der Waals surface area (Å²) in [7, 11) is 0. The van der Waals surface area contributed by atoms with Gasteiger partial charge >= 0.3 is 0 Å². The van der Waals surface area contributed by atoms with Crippen LogP contribution in [0.3, 0.4) is 0 Å². The zero-order chi connectivity index (χ0) is 17.4. The molecule has 0 amide bonds. The zero-order valence-corrected chi connectivity index (χ0v) is 14.1. The van der Waals surface area contributed by atoms with E-state index < -0.39 is 0 Å². The predicted molar refractivity (Wildman–Crippen MR) is 99.5 cm³/mol. The second kappa shape index (κ2) is 9.11. The second-order valence-corrected chi connectivity index (χ2v) is 5.48. The van der Waals surface area contributed by atoms with Gasteiger partial charge in [0.1, 0.15) is 6.61 Å². The molecule has 1 aromatic rings. The van der Waals surface area contributed by atoms with E-state index in [-0.39, 0.29) is 5.92 Å². The number of allylic oxidation sites excluding steroid dienone is 3. The fourth-order valence-corrected chi connectivity index (χ4v) is 2.90. The highest BCUT2D eigenvalue weighted by molar-refractivity contribution is 5.85. The van der Waals surface area contributed by atoms with Crippen LogP contribution in [0, 0.1) is 0 Å². The summed E-state index contributed by atoms with van der Waals surface area (Å²) in [5.41, 5.74) is 10.1. The third kappa shape index (κ3) is 4.16. The Hall–Kier alpha value is -2.30. The molecule has 4 nitrogen and oxygen atoms in total. The van der Waals surface area contributed by atoms with Gasteiger partial charge in [-0.25, -0.2) is 0 Å². The molecule has 1 aliphatic carbocycles. The summed E-state index contributed by atoms with van der Waals surface area (Å²) in [5, 5.41) is 3.10. The molecule has 0 bridgehead atoms. The monoisotopic (exact) mass is 326 g/mol. The van der Waals surface area contributed by atoms with Crippen molar-refractivity contribution in [1.29, 1.82) is 0 Å². The number of nitrogens with one attached hydrogen (secondary N) is 1. The largest absolute Gasteiger partial charge is 0.479 e. The van der Waals surface area contributed by atoms with Crippen molar-refractivity contribution in [3.8, 4) is 0 Å². The number of hydrogen-bond donors (Lipinski definition) is 2. The van der Waals surface area contributed by atoms with Crippen molar-refractivity contribution in [3.63, 3.8) is 0 Å². The summed E-state index contributed by atoms with van der Waals surface area (Å²) in [6.45, 7) is 14.6. The highest BCUT2D eigenvalue weighted by atomic mass is 16.5. The molecule has 1 aliphatic rings. The molecule has 4 heteroatoms. The van der Waals surface area contributed by atoms with Crippen LogP contribution in [0.1, 0.15) is 17.0 Å². The van der Waals surface area contributed by atoms with E-state index >= 15 is 0 Å². The Morgan fingerprint density at radius 3 is 2.71 bits per heavy atom. The lowest BCUT2D eigenvalue weighted by atomic mass is 9.97. The van der Waals surface area contributed by atoms with Crippen LogP contribution in [0.25, 0.3) is 5.57 Å². The second-order valence-electron chi connectivity index (χ2n) is 5.48. The molecule has 0 heterocycles. The van der Waals surface area contributed by atoms with Crippen molar-refractivity contribution in [3.05, 3.63) is 78.7 Å². The average Bonchev–Trinajstić information content (AvgIpc) is 2.92. The first-order chi connectivity index (χ1) is 11.7. The predicted octanol–water partition coefficient (Wildman–Crippen LogP) is 2.96. The Bertz CT molecular complexity index is 634. The van der Waals surface area contributed by atoms with Gasteiger partial charge in [0.05, 0.1) is 13.2 Å². The molecule has 0 saturated heterocycles. The van der Waals surface area contributed by atoms with Gasteiger partial charge < -0.3 is 20.5 Å². The van der Waals surface area contributed by atoms with Crippen molar-refractivity contribution in [2.24, 2.45) is 5.73 Å². The van der Waals surface area contributed by atoms with Gasteiger partial charge in [0.15, 0.2) is 5.88 Å². The van der Waals surface area contributed by atoms with Gasteiger partial charge in [0.2, 0.25) is 0 Å². The van der Waals surface area contributed by atoms with Gasteiger partial charge in [0, 0.05) is 19.0 Å². The SMILES string of the molecule is C=CC1=C(C=C)C(COC(=C)NCCOCCN)c2ccccc21. The van der Waals surface area contributed by atoms with Crippen LogP contribution in [0.15, 0.2) is 67.6 Å². The topological polar surface area (TPSA) is 56.5 Å². The molecule has 1 aromatic carbocycles. The minimum absolute atomic E-state index is 0.138. The van der Waals surface area contributed by atoms with E-state index in [1.165, 1.54) is 11.1 Å². The molecule has 0 spiro atoms. The van der Waals surface area contributed by atoms with Crippen LogP contribution in [0.2, 0.25) is 0 Å². The maximum absolute atomic E-state index is 5.81. The Morgan fingerprint density at radius 2 is 2.00 bits per heavy atom. The standard InChI is InChI=1S/C20H26N2O2/c1-4-16-17(5-2)20(19-9-7-6-8-18(16)19)14-24-15(3)22-11-13-23-12-10-21/h4-9,20,22H,1-3,10-14,21H2. The van der Waals surface area contributed by atoms with Crippen LogP contribution in [-0.2, 0) is 9.47 Å². The first-order valence-electron chi connectivity index (χ1n) is 8.14. The number of hydrogen-bond acceptors (Lipinski definition) is 4. The Kier molecular flexibility index (Phi) is 6.85. The van der Waals surface area contributed by atoms with Crippen molar-refractivity contribution >= 4 is 5.57 Å². The van der Waals surface area contributed by atoms with E-state index in [1.54, 1.807) is 0 Å². The van der Waals surface area contributed by atoms with Gasteiger partial charge in [-0.15, -0.1) is 0 Å². The van der Waals surface area contributed by atoms with E-state index in [1.807, 2.05) is 24.3 Å². The van der Waals surface area contributed by atoms with Crippen molar-refractivity contribution in [2.45, 2.75) is 5.92 Å². The van der Waals surface area contributed by atoms with Gasteiger partial charge in [-0.2, -0.15) is 0 Å². The Balaban J connectivity index is 1.94. The van der Waals surface area contributed by atoms with E-state index in [0.717, 1.165) is 11.1 Å². The molecule has 128 valence electrons. The molecule has 0 aromatic heterocycles. The van der Waals surface area contributed by atoms with Crippen molar-refractivity contribution < 1.29 is 9.47 Å². The van der Waals surface area contributed by atoms with E-state index in [4.69, 9.17) is 15.2 Å². The summed E-state index contributed by atoms with van der Waals surface area (Å²) in [4.78, 5) is 0. The number of rotatable bonds is 11. The molecular weight excluding hydrogens is 300 g/mol. The lowest BCUT2D eigenvalue weighted by Crippen LogP contribution is -2.23. The molecule has 0 radical (unpaired) electrons. The Morgan fingerprint density at radius 1 is 1.21 bits per heavy atom. The number of nitrogens with two attached hydrogens (primary N) is 1. The molecule has 0 fully saturated rings. The third-order valence-electron chi connectivity index (χ3n) is 3.99. The van der Waals surface area contributed by atoms with Crippen LogP contribution in [-0.4, -0.2) is 32.9 Å². The highest BCUT2D eigenvalue weighted by Crippen LogP contribution is 2.43. The molecule has 0 aliphatic heterocycles. The summed E-state index contributed by atoms with van der Waals surface area (Å²) in [5.74, 6) is 0.679. The minimum Gasteiger partial charge on any atom is -0.479 e. The number of benzene rings is 1. The molecule has 0 saturated carbocycles. The summed E-state index contributed by atoms with van der Waals surface area (Å²) in [6.07, 6.45) is 3.78. The molecule has 2 rings (SSSR count). The van der Waals surface area contributed by atoms with Crippen LogP contribution < -0.4 is 11.1 Å². The summed E-state index contributed by atoms with van der Waals surface area (Å²) >= 11 is 0. The van der Waals surface area contributed by atoms with Crippen LogP contribution >= 0.6 is 0 Å². The van der Waals surface area contributed by atoms with Crippen LogP contribution in [0.4, 0.5) is 0 Å². The lowest BCUT2D eigenvalue weighted by molar-refractivity contribution is 0.133. The van der Waals surface area contributed by atoms with E-state index in [9.17, 15) is 0 Å². The zero-order valence-electron chi connectivity index (χ0n) is 14.1. The van der Waals surface area contributed by atoms with Gasteiger partial charge in [-0.05, 0) is 28.9 Å². The van der Waals surface area contributed by atoms with Gasteiger partial charge in [-0.3, -0.25) is 0 Å². The van der Waals surface area contributed by atoms with E-state index in [2.05, 4.69) is 37.2 Å². The average molecular weight is 326 g/mol. The maximum atomic E-state index is 5.81. The maximum Gasteiger partial charge on any atom is 0.179 e. The van der Waals surface area contributed by atoms with Crippen molar-refractivity contribution in [2.75, 3.05) is 32.9 Å². The molecule has 3 N–H and O–H groups in total. The fourth-order valence-electron chi connectivity index (χ4n) is 2.90. The summed E-state index contributed by atoms with van der Waals surface area (Å²) in [6, 6.07) is 8.31. The van der Waals surface area contributed by atoms with Crippen LogP contribution in [0.5, 0.6) is 0 Å². The van der Waals surface area contributed by atoms with Gasteiger partial charge in [-0.1, -0.05) is 49.6 Å². The summed E-state index contributed by atoms with van der Waals surface area (Å²) < 4.78 is 11.1. The van der Waals surface area contributed by atoms with Gasteiger partial charge in [0.25, 0.3) is 0 Å². The lowest BCUT2D eigenvalue weighted by Gasteiger charge is -2.18.